The molecule has 0 heterocycles. The van der Waals surface area contributed by atoms with Crippen LogP contribution in [0.1, 0.15) is 0 Å². The first-order valence-electron chi connectivity index (χ1n) is 2.56. The quantitative estimate of drug-likeness (QED) is 0.150. The predicted octanol–water partition coefficient (Wildman–Crippen LogP) is -5.78. The number of carboxylic acid groups (broad SMARTS) is 1. The third-order valence-corrected chi connectivity index (χ3v) is 0.541. The summed E-state index contributed by atoms with van der Waals surface area (Å²) >= 11 is 2.73. The van der Waals surface area contributed by atoms with Gasteiger partial charge in [0.2, 0.25) is 0 Å². The normalized spacial score (nSPS) is 7.43. The first-order chi connectivity index (χ1) is 5.91. The van der Waals surface area contributed by atoms with Crippen molar-refractivity contribution < 1.29 is 69.1 Å². The number of alkyl halides is 1. The fourth-order valence-electron chi connectivity index (χ4n) is 0.111. The molecule has 0 fully saturated rings. The van der Waals surface area contributed by atoms with Crippen LogP contribution in [0.3, 0.4) is 0 Å². The Hall–Kier alpha value is 0.325. The van der Waals surface area contributed by atoms with Crippen LogP contribution in [0.4, 0.5) is 0 Å². The van der Waals surface area contributed by atoms with E-state index < -0.39 is 19.3 Å². The fraction of sp³-hybridized carbons (Fsp3) is 0.333. The molecular weight excluding hydrogens is 278 g/mol. The van der Waals surface area contributed by atoms with E-state index in [9.17, 15) is 9.59 Å². The van der Waals surface area contributed by atoms with Gasteiger partial charge in [-0.2, -0.15) is 4.89 Å². The Kier molecular flexibility index (Phi) is 18.9. The van der Waals surface area contributed by atoms with Gasteiger partial charge >= 0.3 is 48.8 Å². The molecule has 0 aliphatic heterocycles. The van der Waals surface area contributed by atoms with Gasteiger partial charge < -0.3 is 20.2 Å². The zero-order valence-electron chi connectivity index (χ0n) is 7.05. The van der Waals surface area contributed by atoms with Crippen molar-refractivity contribution >= 4 is 35.2 Å². The maximum Gasteiger partial charge on any atom is 1.00 e. The first kappa shape index (κ1) is 19.8. The van der Waals surface area contributed by atoms with Crippen LogP contribution in [0.2, 0.25) is 0 Å². The minimum atomic E-state index is -2.42. The Labute approximate surface area is 109 Å². The zero-order valence-corrected chi connectivity index (χ0v) is 10.6. The van der Waals surface area contributed by atoms with Crippen molar-refractivity contribution in [3.05, 3.63) is 0 Å². The van der Waals surface area contributed by atoms with Crippen molar-refractivity contribution in [2.75, 3.05) is 5.52 Å². The van der Waals surface area contributed by atoms with Gasteiger partial charge in [0.05, 0.1) is 0 Å². The van der Waals surface area contributed by atoms with E-state index in [4.69, 9.17) is 20.2 Å². The van der Waals surface area contributed by atoms with Crippen LogP contribution in [0.5, 0.6) is 0 Å². The summed E-state index contributed by atoms with van der Waals surface area (Å²) in [6, 6.07) is 0. The van der Waals surface area contributed by atoms with Gasteiger partial charge in [0, 0.05) is 0 Å². The van der Waals surface area contributed by atoms with E-state index in [0.717, 1.165) is 0 Å². The summed E-state index contributed by atoms with van der Waals surface area (Å²) in [5.74, 6) is -3.12. The summed E-state index contributed by atoms with van der Waals surface area (Å²) in [4.78, 5) is 27.2. The number of hydrogen-bond acceptors (Lipinski definition) is 7. The third kappa shape index (κ3) is 22.8. The molecule has 0 saturated carbocycles. The number of halogens is 1. The number of carbonyl (C=O) groups is 2. The largest absolute Gasteiger partial charge is 1.00 e. The van der Waals surface area contributed by atoms with E-state index >= 15 is 0 Å². The molecule has 0 amide bonds. The van der Waals surface area contributed by atoms with E-state index in [1.165, 1.54) is 0 Å². The van der Waals surface area contributed by atoms with Crippen LogP contribution in [-0.4, -0.2) is 39.9 Å². The van der Waals surface area contributed by atoms with E-state index in [1.54, 1.807) is 0 Å². The molecule has 8 nitrogen and oxygen atoms in total. The zero-order chi connectivity index (χ0) is 10.9. The van der Waals surface area contributed by atoms with Crippen molar-refractivity contribution in [3.63, 3.8) is 0 Å². The maximum atomic E-state index is 9.93. The first-order valence-corrected chi connectivity index (χ1v) is 3.68. The second kappa shape index (κ2) is 13.3. The Morgan fingerprint density at radius 2 is 1.79 bits per heavy atom. The molecule has 0 bridgehead atoms. The number of aliphatic carboxylic acids is 1. The third-order valence-electron chi connectivity index (χ3n) is 0.354. The molecule has 76 valence electrons. The summed E-state index contributed by atoms with van der Waals surface area (Å²) in [6.45, 7) is 0. The maximum absolute atomic E-state index is 9.93. The summed E-state index contributed by atoms with van der Waals surface area (Å²) < 4.78 is 0. The van der Waals surface area contributed by atoms with Crippen molar-refractivity contribution in [1.82, 2.24) is 0 Å². The molecule has 0 aliphatic carbocycles. The summed E-state index contributed by atoms with van der Waals surface area (Å²) in [6.07, 6.45) is 0. The Morgan fingerprint density at radius 3 is 2.00 bits per heavy atom. The summed E-state index contributed by atoms with van der Waals surface area (Å²) in [7, 11) is -2.42. The van der Waals surface area contributed by atoms with E-state index in [0.29, 0.717) is 0 Å². The number of carboxylic acids is 1. The number of hydrogen-bond donors (Lipinski definition) is 3. The van der Waals surface area contributed by atoms with Crippen LogP contribution in [-0.2, 0) is 19.4 Å². The molecule has 11 heteroatoms. The number of carbonyl (C=O) groups excluding carboxylic acids is 1. The smallest absolute Gasteiger partial charge is 0.832 e. The van der Waals surface area contributed by atoms with Crippen LogP contribution in [0.15, 0.2) is 0 Å². The molecule has 3 N–H and O–H groups in total. The molecular formula is C3H5BBrNaO8. The monoisotopic (exact) mass is 282 g/mol. The molecule has 0 spiro atoms. The van der Waals surface area contributed by atoms with Gasteiger partial charge in [-0.1, -0.05) is 15.9 Å². The molecule has 0 unspecified atom stereocenters. The van der Waals surface area contributed by atoms with Crippen LogP contribution in [0, 0.1) is 0 Å². The molecule has 0 atom stereocenters. The Morgan fingerprint density at radius 1 is 1.43 bits per heavy atom. The summed E-state index contributed by atoms with van der Waals surface area (Å²) in [5.41, 5.74) is -0.0496. The molecule has 0 rings (SSSR count). The summed E-state index contributed by atoms with van der Waals surface area (Å²) in [5, 5.41) is 30.6. The van der Waals surface area contributed by atoms with Gasteiger partial charge in [0.15, 0.2) is 0 Å². The van der Waals surface area contributed by atoms with E-state index in [1.807, 2.05) is 0 Å². The molecule has 0 aromatic carbocycles. The second-order valence-electron chi connectivity index (χ2n) is 1.23. The Balaban J connectivity index is -0.000000209. The fourth-order valence-corrected chi connectivity index (χ4v) is 0.205. The van der Waals surface area contributed by atoms with E-state index in [-0.39, 0.29) is 35.1 Å². The van der Waals surface area contributed by atoms with Crippen LogP contribution in [0.25, 0.3) is 0 Å². The SMILES string of the molecule is O=C(O)C(=O)OOCBr.[Na+].[O-]B(O)O. The van der Waals surface area contributed by atoms with E-state index in [2.05, 4.69) is 25.7 Å². The standard InChI is InChI=1S/C3H3BrO5.BH2O3.Na/c4-1-8-9-3(7)2(5)6;2-1(3)4;/h1H2,(H,5,6);2-3H;/q;-1;+1. The van der Waals surface area contributed by atoms with Crippen LogP contribution >= 0.6 is 15.9 Å². The minimum Gasteiger partial charge on any atom is -0.832 e. The number of rotatable bonds is 2. The van der Waals surface area contributed by atoms with Gasteiger partial charge in [-0.15, -0.1) is 0 Å². The Bertz CT molecular complexity index is 162. The molecule has 0 aromatic heterocycles. The van der Waals surface area contributed by atoms with Gasteiger partial charge in [0.25, 0.3) is 0 Å². The van der Waals surface area contributed by atoms with Gasteiger partial charge in [-0.3, -0.25) is 4.89 Å². The predicted molar refractivity (Wildman–Crippen MR) is 38.8 cm³/mol. The van der Waals surface area contributed by atoms with Gasteiger partial charge in [-0.25, -0.2) is 9.59 Å². The molecule has 0 aromatic rings. The van der Waals surface area contributed by atoms with Crippen molar-refractivity contribution in [2.24, 2.45) is 0 Å². The van der Waals surface area contributed by atoms with Crippen molar-refractivity contribution in [2.45, 2.75) is 0 Å². The van der Waals surface area contributed by atoms with Crippen molar-refractivity contribution in [1.29, 1.82) is 0 Å². The minimum absolute atomic E-state index is 0. The van der Waals surface area contributed by atoms with Crippen LogP contribution < -0.4 is 34.6 Å². The molecule has 0 aliphatic rings. The van der Waals surface area contributed by atoms with Gasteiger partial charge in [0.1, 0.15) is 5.52 Å². The molecule has 14 heavy (non-hydrogen) atoms. The molecule has 0 saturated heterocycles. The average Bonchev–Trinajstić information content (AvgIpc) is 1.98. The average molecular weight is 283 g/mol. The second-order valence-corrected chi connectivity index (χ2v) is 1.69. The van der Waals surface area contributed by atoms with Gasteiger partial charge in [-0.05, 0) is 0 Å². The van der Waals surface area contributed by atoms with Crippen molar-refractivity contribution in [3.8, 4) is 0 Å². The topological polar surface area (TPSA) is 136 Å². The molecule has 0 radical (unpaired) electrons.